The van der Waals surface area contributed by atoms with Gasteiger partial charge in [-0.2, -0.15) is 13.2 Å². The molecule has 0 aliphatic heterocycles. The molecular weight excluding hydrogens is 231 g/mol. The van der Waals surface area contributed by atoms with E-state index in [1.54, 1.807) is 0 Å². The van der Waals surface area contributed by atoms with Gasteiger partial charge in [-0.1, -0.05) is 18.2 Å². The first-order valence-electron chi connectivity index (χ1n) is 4.91. The van der Waals surface area contributed by atoms with Crippen LogP contribution in [0.15, 0.2) is 36.7 Å². The van der Waals surface area contributed by atoms with Crippen molar-refractivity contribution in [1.82, 2.24) is 9.97 Å². The van der Waals surface area contributed by atoms with Crippen molar-refractivity contribution in [3.8, 4) is 0 Å². The number of halogens is 3. The summed E-state index contributed by atoms with van der Waals surface area (Å²) in [7, 11) is 0. The summed E-state index contributed by atoms with van der Waals surface area (Å²) < 4.78 is 38.3. The molecule has 3 N–H and O–H groups in total. The van der Waals surface area contributed by atoms with E-state index < -0.39 is 17.8 Å². The van der Waals surface area contributed by atoms with Crippen molar-refractivity contribution in [3.05, 3.63) is 53.6 Å². The highest BCUT2D eigenvalue weighted by atomic mass is 19.4. The Bertz CT molecular complexity index is 491. The lowest BCUT2D eigenvalue weighted by Crippen LogP contribution is -2.19. The molecule has 0 bridgehead atoms. The monoisotopic (exact) mass is 241 g/mol. The number of alkyl halides is 3. The van der Waals surface area contributed by atoms with Gasteiger partial charge in [0.05, 0.1) is 11.6 Å². The molecule has 0 saturated heterocycles. The fourth-order valence-electron chi connectivity index (χ4n) is 1.62. The molecule has 2 rings (SSSR count). The Morgan fingerprint density at radius 3 is 2.53 bits per heavy atom. The predicted octanol–water partition coefficient (Wildman–Crippen LogP) is 2.48. The number of nitrogens with one attached hydrogen (secondary N) is 1. The maximum absolute atomic E-state index is 12.8. The maximum atomic E-state index is 12.8. The third-order valence-corrected chi connectivity index (χ3v) is 2.42. The molecule has 1 atom stereocenters. The molecule has 17 heavy (non-hydrogen) atoms. The number of aromatic amines is 1. The van der Waals surface area contributed by atoms with E-state index in [4.69, 9.17) is 5.73 Å². The molecule has 0 saturated carbocycles. The van der Waals surface area contributed by atoms with Crippen molar-refractivity contribution in [2.24, 2.45) is 5.73 Å². The van der Waals surface area contributed by atoms with Crippen LogP contribution in [0.4, 0.5) is 13.2 Å². The highest BCUT2D eigenvalue weighted by Gasteiger charge is 2.34. The second-order valence-corrected chi connectivity index (χ2v) is 3.54. The molecule has 0 amide bonds. The highest BCUT2D eigenvalue weighted by Crippen LogP contribution is 2.34. The Morgan fingerprint density at radius 1 is 1.24 bits per heavy atom. The van der Waals surface area contributed by atoms with Crippen LogP contribution in [-0.4, -0.2) is 9.97 Å². The fourth-order valence-corrected chi connectivity index (χ4v) is 1.62. The Hall–Kier alpha value is -1.82. The number of hydrogen-bond acceptors (Lipinski definition) is 2. The largest absolute Gasteiger partial charge is 0.416 e. The van der Waals surface area contributed by atoms with E-state index in [1.165, 1.54) is 30.6 Å². The van der Waals surface area contributed by atoms with Crippen LogP contribution in [0.1, 0.15) is 23.0 Å². The van der Waals surface area contributed by atoms with Gasteiger partial charge >= 0.3 is 6.18 Å². The lowest BCUT2D eigenvalue weighted by molar-refractivity contribution is -0.138. The number of imidazole rings is 1. The molecule has 1 unspecified atom stereocenters. The van der Waals surface area contributed by atoms with Gasteiger partial charge < -0.3 is 10.7 Å². The van der Waals surface area contributed by atoms with Crippen molar-refractivity contribution in [2.45, 2.75) is 12.2 Å². The summed E-state index contributed by atoms with van der Waals surface area (Å²) in [6.07, 6.45) is -1.45. The minimum absolute atomic E-state index is 0.00921. The lowest BCUT2D eigenvalue weighted by atomic mass is 10.00. The second-order valence-electron chi connectivity index (χ2n) is 3.54. The van der Waals surface area contributed by atoms with Gasteiger partial charge in [-0.3, -0.25) is 0 Å². The van der Waals surface area contributed by atoms with Gasteiger partial charge in [0.2, 0.25) is 0 Å². The summed E-state index contributed by atoms with van der Waals surface area (Å²) in [5.41, 5.74) is 5.04. The molecule has 2 aromatic rings. The number of aromatic nitrogens is 2. The summed E-state index contributed by atoms with van der Waals surface area (Å²) in [5.74, 6) is 0.307. The molecule has 0 radical (unpaired) electrons. The standard InChI is InChI=1S/C11H10F3N3/c12-11(13,14)8-4-2-1-3-7(8)9(15)10-16-5-6-17-10/h1-6,9H,15H2,(H,16,17). The van der Waals surface area contributed by atoms with Gasteiger partial charge in [0.25, 0.3) is 0 Å². The number of hydrogen-bond donors (Lipinski definition) is 2. The molecule has 1 aromatic carbocycles. The number of rotatable bonds is 2. The predicted molar refractivity (Wildman–Crippen MR) is 56.1 cm³/mol. The Balaban J connectivity index is 2.46. The molecule has 6 heteroatoms. The summed E-state index contributed by atoms with van der Waals surface area (Å²) >= 11 is 0. The van der Waals surface area contributed by atoms with E-state index in [-0.39, 0.29) is 5.56 Å². The molecule has 90 valence electrons. The van der Waals surface area contributed by atoms with Gasteiger partial charge in [0.1, 0.15) is 5.82 Å². The zero-order valence-electron chi connectivity index (χ0n) is 8.70. The van der Waals surface area contributed by atoms with Crippen LogP contribution in [0.5, 0.6) is 0 Å². The quantitative estimate of drug-likeness (QED) is 0.848. The van der Waals surface area contributed by atoms with E-state index in [0.29, 0.717) is 5.82 Å². The maximum Gasteiger partial charge on any atom is 0.416 e. The van der Waals surface area contributed by atoms with E-state index >= 15 is 0 Å². The van der Waals surface area contributed by atoms with Gasteiger partial charge in [0.15, 0.2) is 0 Å². The smallest absolute Gasteiger partial charge is 0.347 e. The van der Waals surface area contributed by atoms with Crippen molar-refractivity contribution in [2.75, 3.05) is 0 Å². The van der Waals surface area contributed by atoms with E-state index in [0.717, 1.165) is 6.07 Å². The minimum atomic E-state index is -4.42. The van der Waals surface area contributed by atoms with Crippen molar-refractivity contribution < 1.29 is 13.2 Å². The van der Waals surface area contributed by atoms with Crippen LogP contribution in [-0.2, 0) is 6.18 Å². The Kier molecular flexibility index (Phi) is 2.89. The molecular formula is C11H10F3N3. The average molecular weight is 241 g/mol. The van der Waals surface area contributed by atoms with Gasteiger partial charge in [-0.05, 0) is 11.6 Å². The van der Waals surface area contributed by atoms with Crippen LogP contribution >= 0.6 is 0 Å². The van der Waals surface area contributed by atoms with Crippen LogP contribution < -0.4 is 5.73 Å². The zero-order chi connectivity index (χ0) is 12.5. The number of H-pyrrole nitrogens is 1. The molecule has 0 spiro atoms. The van der Waals surface area contributed by atoms with E-state index in [1.807, 2.05) is 0 Å². The Labute approximate surface area is 95.5 Å². The summed E-state index contributed by atoms with van der Waals surface area (Å²) in [6.45, 7) is 0. The zero-order valence-corrected chi connectivity index (χ0v) is 8.70. The van der Waals surface area contributed by atoms with Crippen LogP contribution in [0.25, 0.3) is 0 Å². The van der Waals surface area contributed by atoms with Gasteiger partial charge in [-0.25, -0.2) is 4.98 Å². The van der Waals surface area contributed by atoms with E-state index in [2.05, 4.69) is 9.97 Å². The van der Waals surface area contributed by atoms with Crippen molar-refractivity contribution >= 4 is 0 Å². The third kappa shape index (κ3) is 2.31. The first-order valence-corrected chi connectivity index (χ1v) is 4.91. The molecule has 3 nitrogen and oxygen atoms in total. The Morgan fingerprint density at radius 2 is 1.94 bits per heavy atom. The number of nitrogens with two attached hydrogens (primary N) is 1. The van der Waals surface area contributed by atoms with Crippen LogP contribution in [0.2, 0.25) is 0 Å². The first-order chi connectivity index (χ1) is 8.00. The lowest BCUT2D eigenvalue weighted by Gasteiger charge is -2.16. The van der Waals surface area contributed by atoms with Gasteiger partial charge in [-0.15, -0.1) is 0 Å². The van der Waals surface area contributed by atoms with E-state index in [9.17, 15) is 13.2 Å². The normalized spacial score (nSPS) is 13.6. The molecule has 1 aromatic heterocycles. The molecule has 0 fully saturated rings. The third-order valence-electron chi connectivity index (χ3n) is 2.42. The molecule has 0 aliphatic carbocycles. The van der Waals surface area contributed by atoms with Crippen LogP contribution in [0.3, 0.4) is 0 Å². The highest BCUT2D eigenvalue weighted by molar-refractivity contribution is 5.35. The fraction of sp³-hybridized carbons (Fsp3) is 0.182. The van der Waals surface area contributed by atoms with Gasteiger partial charge in [0, 0.05) is 12.4 Å². The summed E-state index contributed by atoms with van der Waals surface area (Å²) in [4.78, 5) is 6.58. The SMILES string of the molecule is NC(c1ncc[nH]1)c1ccccc1C(F)(F)F. The molecule has 1 heterocycles. The average Bonchev–Trinajstić information content (AvgIpc) is 2.80. The summed E-state index contributed by atoms with van der Waals surface area (Å²) in [5, 5.41) is 0. The minimum Gasteiger partial charge on any atom is -0.347 e. The van der Waals surface area contributed by atoms with Crippen molar-refractivity contribution in [3.63, 3.8) is 0 Å². The first kappa shape index (κ1) is 11.7. The number of benzene rings is 1. The second kappa shape index (κ2) is 4.21. The summed E-state index contributed by atoms with van der Waals surface area (Å²) in [6, 6.07) is 4.31. The van der Waals surface area contributed by atoms with Crippen LogP contribution in [0, 0.1) is 0 Å². The topological polar surface area (TPSA) is 54.7 Å². The number of nitrogens with zero attached hydrogens (tertiary/aromatic N) is 1. The van der Waals surface area contributed by atoms with Crippen molar-refractivity contribution in [1.29, 1.82) is 0 Å². The molecule has 0 aliphatic rings.